The first-order valence-corrected chi connectivity index (χ1v) is 10.3. The van der Waals surface area contributed by atoms with Crippen molar-refractivity contribution in [2.45, 2.75) is 17.4 Å². The van der Waals surface area contributed by atoms with Crippen LogP contribution >= 0.6 is 0 Å². The maximum absolute atomic E-state index is 12.1. The van der Waals surface area contributed by atoms with Gasteiger partial charge in [-0.3, -0.25) is 29.5 Å². The summed E-state index contributed by atoms with van der Waals surface area (Å²) in [5.41, 5.74) is 0.0798. The number of anilines is 1. The minimum Gasteiger partial charge on any atom is -0.363 e. The molecule has 1 atom stereocenters. The number of nitro groups is 1. The van der Waals surface area contributed by atoms with Crippen molar-refractivity contribution in [1.82, 2.24) is 9.80 Å². The highest BCUT2D eigenvalue weighted by molar-refractivity contribution is 7.90. The number of rotatable bonds is 4. The fourth-order valence-electron chi connectivity index (χ4n) is 3.44. The second-order valence-corrected chi connectivity index (χ2v) is 8.73. The van der Waals surface area contributed by atoms with E-state index in [0.29, 0.717) is 31.9 Å². The molecule has 11 heteroatoms. The first kappa shape index (κ1) is 19.2. The average Bonchev–Trinajstić information content (AvgIpc) is 2.88. The Hall–Kier alpha value is -2.53. The summed E-state index contributed by atoms with van der Waals surface area (Å²) in [5.74, 6) is -0.434. The van der Waals surface area contributed by atoms with Gasteiger partial charge in [-0.05, 0) is 12.1 Å². The van der Waals surface area contributed by atoms with Crippen LogP contribution in [0.3, 0.4) is 0 Å². The van der Waals surface area contributed by atoms with Crippen LogP contribution in [0.2, 0.25) is 0 Å². The van der Waals surface area contributed by atoms with Gasteiger partial charge in [-0.2, -0.15) is 0 Å². The predicted octanol–water partition coefficient (Wildman–Crippen LogP) is -0.122. The smallest absolute Gasteiger partial charge is 0.293 e. The Kier molecular flexibility index (Phi) is 4.91. The normalized spacial score (nSPS) is 21.8. The van der Waals surface area contributed by atoms with Crippen molar-refractivity contribution in [3.05, 3.63) is 28.3 Å². The predicted molar refractivity (Wildman–Crippen MR) is 96.2 cm³/mol. The van der Waals surface area contributed by atoms with E-state index in [1.165, 1.54) is 19.2 Å². The van der Waals surface area contributed by atoms with Crippen molar-refractivity contribution in [3.63, 3.8) is 0 Å². The molecule has 2 heterocycles. The molecule has 0 N–H and O–H groups in total. The van der Waals surface area contributed by atoms with E-state index in [2.05, 4.69) is 0 Å². The van der Waals surface area contributed by atoms with E-state index in [0.717, 1.165) is 17.2 Å². The highest BCUT2D eigenvalue weighted by Crippen LogP contribution is 2.32. The molecule has 146 valence electrons. The fraction of sp³-hybridized carbons (Fsp3) is 0.500. The monoisotopic (exact) mass is 396 g/mol. The molecule has 0 saturated carbocycles. The van der Waals surface area contributed by atoms with Crippen LogP contribution in [-0.4, -0.2) is 80.5 Å². The molecule has 2 aliphatic rings. The van der Waals surface area contributed by atoms with Crippen LogP contribution in [0.1, 0.15) is 6.42 Å². The number of hydrogen-bond donors (Lipinski definition) is 0. The van der Waals surface area contributed by atoms with Gasteiger partial charge in [0.05, 0.1) is 22.3 Å². The van der Waals surface area contributed by atoms with E-state index in [9.17, 15) is 28.1 Å². The van der Waals surface area contributed by atoms with E-state index in [-0.39, 0.29) is 28.8 Å². The molecular formula is C16H20N4O6S. The van der Waals surface area contributed by atoms with Crippen molar-refractivity contribution in [2.24, 2.45) is 0 Å². The van der Waals surface area contributed by atoms with Gasteiger partial charge in [0.2, 0.25) is 11.8 Å². The zero-order valence-electron chi connectivity index (χ0n) is 15.0. The minimum atomic E-state index is -3.55. The molecule has 3 rings (SSSR count). The molecule has 2 amide bonds. The van der Waals surface area contributed by atoms with E-state index >= 15 is 0 Å². The number of nitrogens with zero attached hydrogens (tertiary/aromatic N) is 4. The van der Waals surface area contributed by atoms with Crippen molar-refractivity contribution in [3.8, 4) is 0 Å². The lowest BCUT2D eigenvalue weighted by molar-refractivity contribution is -0.384. The Bertz CT molecular complexity index is 907. The molecule has 0 unspecified atom stereocenters. The number of carbonyl (C=O) groups is 2. The molecule has 2 saturated heterocycles. The third kappa shape index (κ3) is 3.65. The maximum Gasteiger partial charge on any atom is 0.293 e. The lowest BCUT2D eigenvalue weighted by atomic mass is 10.1. The van der Waals surface area contributed by atoms with Crippen molar-refractivity contribution >= 4 is 33.0 Å². The van der Waals surface area contributed by atoms with Gasteiger partial charge in [-0.25, -0.2) is 8.42 Å². The number of likely N-dealkylation sites (tertiary alicyclic amines) is 1. The van der Waals surface area contributed by atoms with Gasteiger partial charge < -0.3 is 4.90 Å². The van der Waals surface area contributed by atoms with Gasteiger partial charge in [0, 0.05) is 45.5 Å². The summed E-state index contributed by atoms with van der Waals surface area (Å²) < 4.78 is 23.3. The zero-order chi connectivity index (χ0) is 19.9. The molecule has 0 aromatic heterocycles. The average molecular weight is 396 g/mol. The largest absolute Gasteiger partial charge is 0.363 e. The van der Waals surface area contributed by atoms with Gasteiger partial charge in [-0.15, -0.1) is 0 Å². The minimum absolute atomic E-state index is 0.102. The van der Waals surface area contributed by atoms with E-state index in [1.807, 2.05) is 4.90 Å². The van der Waals surface area contributed by atoms with Crippen LogP contribution < -0.4 is 4.90 Å². The molecule has 2 fully saturated rings. The van der Waals surface area contributed by atoms with Crippen LogP contribution in [0.4, 0.5) is 11.4 Å². The number of likely N-dealkylation sites (N-methyl/N-ethyl adjacent to an activating group) is 1. The number of imide groups is 1. The molecule has 1 aromatic carbocycles. The summed E-state index contributed by atoms with van der Waals surface area (Å²) in [7, 11) is -2.08. The standard InChI is InChI=1S/C16H20N4O6S/c1-17-15(21)10-14(16(17)22)19-7-5-18(6-8-19)12-4-3-11(27(2,25)26)9-13(12)20(23)24/h3-4,9,14H,5-8,10H2,1-2H3/t14-/m1/s1. The Morgan fingerprint density at radius 1 is 1.15 bits per heavy atom. The van der Waals surface area contributed by atoms with Crippen LogP contribution in [0.5, 0.6) is 0 Å². The molecule has 0 bridgehead atoms. The van der Waals surface area contributed by atoms with Crippen molar-refractivity contribution in [2.75, 3.05) is 44.4 Å². The molecule has 27 heavy (non-hydrogen) atoms. The first-order valence-electron chi connectivity index (χ1n) is 8.37. The van der Waals surface area contributed by atoms with E-state index in [1.54, 1.807) is 4.90 Å². The van der Waals surface area contributed by atoms with Gasteiger partial charge >= 0.3 is 0 Å². The summed E-state index contributed by atoms with van der Waals surface area (Å²) >= 11 is 0. The number of carbonyl (C=O) groups excluding carboxylic acids is 2. The van der Waals surface area contributed by atoms with Crippen LogP contribution in [0.15, 0.2) is 23.1 Å². The SMILES string of the molecule is CN1C(=O)C[C@@H](N2CCN(c3ccc(S(C)(=O)=O)cc3[N+](=O)[O-])CC2)C1=O. The zero-order valence-corrected chi connectivity index (χ0v) is 15.8. The fourth-order valence-corrected chi connectivity index (χ4v) is 4.08. The number of piperazine rings is 1. The summed E-state index contributed by atoms with van der Waals surface area (Å²) in [4.78, 5) is 39.4. The number of nitro benzene ring substituents is 1. The van der Waals surface area contributed by atoms with E-state index < -0.39 is 20.8 Å². The lowest BCUT2D eigenvalue weighted by Crippen LogP contribution is -2.52. The third-order valence-electron chi connectivity index (χ3n) is 5.03. The molecular weight excluding hydrogens is 376 g/mol. The number of sulfone groups is 1. The highest BCUT2D eigenvalue weighted by atomic mass is 32.2. The Labute approximate surface area is 156 Å². The van der Waals surface area contributed by atoms with Gasteiger partial charge in [0.25, 0.3) is 5.69 Å². The molecule has 0 aliphatic carbocycles. The van der Waals surface area contributed by atoms with Gasteiger partial charge in [-0.1, -0.05) is 0 Å². The second kappa shape index (κ2) is 6.89. The van der Waals surface area contributed by atoms with Crippen LogP contribution in [-0.2, 0) is 19.4 Å². The topological polar surface area (TPSA) is 121 Å². The third-order valence-corrected chi connectivity index (χ3v) is 6.14. The molecule has 1 aromatic rings. The molecule has 10 nitrogen and oxygen atoms in total. The van der Waals surface area contributed by atoms with Crippen molar-refractivity contribution in [1.29, 1.82) is 0 Å². The van der Waals surface area contributed by atoms with Gasteiger partial charge in [0.1, 0.15) is 5.69 Å². The molecule has 0 spiro atoms. The Balaban J connectivity index is 1.77. The summed E-state index contributed by atoms with van der Waals surface area (Å²) in [6.07, 6.45) is 1.15. The Morgan fingerprint density at radius 2 is 1.78 bits per heavy atom. The number of hydrogen-bond acceptors (Lipinski definition) is 8. The summed E-state index contributed by atoms with van der Waals surface area (Å²) in [6.45, 7) is 1.81. The number of amides is 2. The van der Waals surface area contributed by atoms with Crippen molar-refractivity contribution < 1.29 is 22.9 Å². The summed E-state index contributed by atoms with van der Waals surface area (Å²) in [5, 5.41) is 11.4. The number of benzene rings is 1. The van der Waals surface area contributed by atoms with Gasteiger partial charge in [0.15, 0.2) is 9.84 Å². The van der Waals surface area contributed by atoms with Crippen LogP contribution in [0, 0.1) is 10.1 Å². The second-order valence-electron chi connectivity index (χ2n) is 6.71. The van der Waals surface area contributed by atoms with Crippen LogP contribution in [0.25, 0.3) is 0 Å². The molecule has 2 aliphatic heterocycles. The molecule has 0 radical (unpaired) electrons. The maximum atomic E-state index is 12.1. The quantitative estimate of drug-likeness (QED) is 0.392. The Morgan fingerprint density at radius 3 is 2.26 bits per heavy atom. The van der Waals surface area contributed by atoms with E-state index in [4.69, 9.17) is 0 Å². The lowest BCUT2D eigenvalue weighted by Gasteiger charge is -2.37. The first-order chi connectivity index (χ1) is 12.6. The summed E-state index contributed by atoms with van der Waals surface area (Å²) in [6, 6.07) is 3.40. The highest BCUT2D eigenvalue weighted by Gasteiger charge is 2.41.